The summed E-state index contributed by atoms with van der Waals surface area (Å²) < 4.78 is 2.33. The van der Waals surface area contributed by atoms with Crippen molar-refractivity contribution in [1.82, 2.24) is 14.9 Å². The molecular weight excluding hydrogens is 210 g/mol. The van der Waals surface area contributed by atoms with E-state index in [-0.39, 0.29) is 0 Å². The van der Waals surface area contributed by atoms with E-state index in [4.69, 9.17) is 0 Å². The van der Waals surface area contributed by atoms with Crippen molar-refractivity contribution in [2.24, 2.45) is 0 Å². The molecule has 0 saturated heterocycles. The summed E-state index contributed by atoms with van der Waals surface area (Å²) >= 11 is 0. The first-order valence-corrected chi connectivity index (χ1v) is 5.87. The van der Waals surface area contributed by atoms with Gasteiger partial charge < -0.3 is 9.88 Å². The molecular formula is C14H15N3. The molecule has 0 aliphatic rings. The maximum atomic E-state index is 4.24. The fourth-order valence-corrected chi connectivity index (χ4v) is 2.36. The Morgan fingerprint density at radius 3 is 2.82 bits per heavy atom. The third-order valence-electron chi connectivity index (χ3n) is 3.16. The first kappa shape index (κ1) is 10.3. The Kier molecular flexibility index (Phi) is 2.53. The molecule has 0 atom stereocenters. The van der Waals surface area contributed by atoms with Crippen molar-refractivity contribution in [1.29, 1.82) is 0 Å². The molecule has 86 valence electrons. The molecule has 3 heteroatoms. The molecule has 2 heterocycles. The second kappa shape index (κ2) is 4.18. The van der Waals surface area contributed by atoms with Gasteiger partial charge in [0.15, 0.2) is 0 Å². The van der Waals surface area contributed by atoms with Crippen molar-refractivity contribution >= 4 is 21.8 Å². The SMILES string of the molecule is CNCCn1c2ccccc2c2ccncc21. The van der Waals surface area contributed by atoms with Crippen molar-refractivity contribution in [3.63, 3.8) is 0 Å². The van der Waals surface area contributed by atoms with Gasteiger partial charge >= 0.3 is 0 Å². The first-order chi connectivity index (χ1) is 8.42. The molecule has 0 aliphatic carbocycles. The lowest BCUT2D eigenvalue weighted by molar-refractivity contribution is 0.676. The molecule has 0 aliphatic heterocycles. The van der Waals surface area contributed by atoms with E-state index in [2.05, 4.69) is 45.2 Å². The number of fused-ring (bicyclic) bond motifs is 3. The quantitative estimate of drug-likeness (QED) is 0.742. The number of likely N-dealkylation sites (N-methyl/N-ethyl adjacent to an activating group) is 1. The number of nitrogens with zero attached hydrogens (tertiary/aromatic N) is 2. The molecule has 1 aromatic carbocycles. The Labute approximate surface area is 100 Å². The normalized spacial score (nSPS) is 11.4. The number of hydrogen-bond acceptors (Lipinski definition) is 2. The summed E-state index contributed by atoms with van der Waals surface area (Å²) in [4.78, 5) is 4.24. The van der Waals surface area contributed by atoms with E-state index in [1.807, 2.05) is 19.4 Å². The summed E-state index contributed by atoms with van der Waals surface area (Å²) in [6.45, 7) is 1.93. The molecule has 0 amide bonds. The lowest BCUT2D eigenvalue weighted by atomic mass is 10.2. The standard InChI is InChI=1S/C14H15N3/c1-15-8-9-17-13-5-3-2-4-11(13)12-6-7-16-10-14(12)17/h2-7,10,15H,8-9H2,1H3. The third kappa shape index (κ3) is 1.59. The number of benzene rings is 1. The first-order valence-electron chi connectivity index (χ1n) is 5.87. The van der Waals surface area contributed by atoms with Crippen LogP contribution in [0.5, 0.6) is 0 Å². The fourth-order valence-electron chi connectivity index (χ4n) is 2.36. The maximum absolute atomic E-state index is 4.24. The molecule has 0 spiro atoms. The Morgan fingerprint density at radius 2 is 1.94 bits per heavy atom. The van der Waals surface area contributed by atoms with E-state index >= 15 is 0 Å². The highest BCUT2D eigenvalue weighted by Gasteiger charge is 2.08. The van der Waals surface area contributed by atoms with Crippen LogP contribution in [0.1, 0.15) is 0 Å². The van der Waals surface area contributed by atoms with E-state index in [0.29, 0.717) is 0 Å². The lowest BCUT2D eigenvalue weighted by Crippen LogP contribution is -2.14. The van der Waals surface area contributed by atoms with Gasteiger partial charge in [0.05, 0.1) is 11.7 Å². The molecule has 2 aromatic heterocycles. The van der Waals surface area contributed by atoms with Crippen LogP contribution < -0.4 is 5.32 Å². The van der Waals surface area contributed by atoms with Crippen LogP contribution in [-0.4, -0.2) is 23.1 Å². The third-order valence-corrected chi connectivity index (χ3v) is 3.16. The molecule has 3 aromatic rings. The second-order valence-electron chi connectivity index (χ2n) is 4.17. The van der Waals surface area contributed by atoms with Gasteiger partial charge in [-0.2, -0.15) is 0 Å². The Bertz CT molecular complexity index is 601. The van der Waals surface area contributed by atoms with Gasteiger partial charge in [0.25, 0.3) is 0 Å². The van der Waals surface area contributed by atoms with Crippen molar-refractivity contribution in [2.75, 3.05) is 13.6 Å². The maximum Gasteiger partial charge on any atom is 0.0678 e. The average Bonchev–Trinajstić information content (AvgIpc) is 2.71. The second-order valence-corrected chi connectivity index (χ2v) is 4.17. The highest BCUT2D eigenvalue weighted by atomic mass is 15.0. The largest absolute Gasteiger partial charge is 0.338 e. The number of aromatic nitrogens is 2. The van der Waals surface area contributed by atoms with Gasteiger partial charge in [-0.25, -0.2) is 0 Å². The summed E-state index contributed by atoms with van der Waals surface area (Å²) in [6, 6.07) is 10.6. The van der Waals surface area contributed by atoms with Gasteiger partial charge in [-0.15, -0.1) is 0 Å². The van der Waals surface area contributed by atoms with Gasteiger partial charge in [0.1, 0.15) is 0 Å². The summed E-state index contributed by atoms with van der Waals surface area (Å²) in [7, 11) is 1.98. The van der Waals surface area contributed by atoms with Crippen LogP contribution in [0.25, 0.3) is 21.8 Å². The predicted molar refractivity (Wildman–Crippen MR) is 71.2 cm³/mol. The summed E-state index contributed by atoms with van der Waals surface area (Å²) in [5, 5.41) is 5.78. The van der Waals surface area contributed by atoms with Gasteiger partial charge in [0, 0.05) is 35.6 Å². The molecule has 17 heavy (non-hydrogen) atoms. The van der Waals surface area contributed by atoms with Crippen LogP contribution >= 0.6 is 0 Å². The summed E-state index contributed by atoms with van der Waals surface area (Å²) in [6.07, 6.45) is 3.81. The van der Waals surface area contributed by atoms with Crippen LogP contribution in [0.15, 0.2) is 42.7 Å². The van der Waals surface area contributed by atoms with E-state index < -0.39 is 0 Å². The van der Waals surface area contributed by atoms with Crippen LogP contribution in [0.4, 0.5) is 0 Å². The van der Waals surface area contributed by atoms with Crippen molar-refractivity contribution in [3.8, 4) is 0 Å². The molecule has 0 fully saturated rings. The Balaban J connectivity index is 2.33. The Morgan fingerprint density at radius 1 is 1.12 bits per heavy atom. The minimum absolute atomic E-state index is 0.961. The monoisotopic (exact) mass is 225 g/mol. The predicted octanol–water partition coefficient (Wildman–Crippen LogP) is 2.41. The van der Waals surface area contributed by atoms with Crippen LogP contribution in [0, 0.1) is 0 Å². The zero-order valence-corrected chi connectivity index (χ0v) is 9.85. The van der Waals surface area contributed by atoms with Crippen LogP contribution in [-0.2, 0) is 6.54 Å². The highest BCUT2D eigenvalue weighted by molar-refractivity contribution is 6.07. The molecule has 3 rings (SSSR count). The number of hydrogen-bond donors (Lipinski definition) is 1. The van der Waals surface area contributed by atoms with Crippen LogP contribution in [0.3, 0.4) is 0 Å². The molecule has 0 unspecified atom stereocenters. The molecule has 0 bridgehead atoms. The average molecular weight is 225 g/mol. The number of pyridine rings is 1. The van der Waals surface area contributed by atoms with E-state index in [1.165, 1.54) is 21.8 Å². The number of rotatable bonds is 3. The van der Waals surface area contributed by atoms with Gasteiger partial charge in [-0.1, -0.05) is 18.2 Å². The fraction of sp³-hybridized carbons (Fsp3) is 0.214. The zero-order valence-electron chi connectivity index (χ0n) is 9.85. The molecule has 1 N–H and O–H groups in total. The molecule has 0 radical (unpaired) electrons. The van der Waals surface area contributed by atoms with Gasteiger partial charge in [0.2, 0.25) is 0 Å². The molecule has 3 nitrogen and oxygen atoms in total. The minimum Gasteiger partial charge on any atom is -0.338 e. The lowest BCUT2D eigenvalue weighted by Gasteiger charge is -2.06. The summed E-state index contributed by atoms with van der Waals surface area (Å²) in [5.41, 5.74) is 2.50. The van der Waals surface area contributed by atoms with E-state index in [1.54, 1.807) is 0 Å². The highest BCUT2D eigenvalue weighted by Crippen LogP contribution is 2.27. The van der Waals surface area contributed by atoms with Gasteiger partial charge in [-0.05, 0) is 19.2 Å². The van der Waals surface area contributed by atoms with Crippen LogP contribution in [0.2, 0.25) is 0 Å². The van der Waals surface area contributed by atoms with E-state index in [9.17, 15) is 0 Å². The summed E-state index contributed by atoms with van der Waals surface area (Å²) in [5.74, 6) is 0. The van der Waals surface area contributed by atoms with Crippen molar-refractivity contribution in [3.05, 3.63) is 42.7 Å². The minimum atomic E-state index is 0.961. The Hall–Kier alpha value is -1.87. The van der Waals surface area contributed by atoms with E-state index in [0.717, 1.165) is 13.1 Å². The number of nitrogens with one attached hydrogen (secondary N) is 1. The van der Waals surface area contributed by atoms with Crippen molar-refractivity contribution < 1.29 is 0 Å². The smallest absolute Gasteiger partial charge is 0.0678 e. The number of para-hydroxylation sites is 1. The topological polar surface area (TPSA) is 29.9 Å². The molecule has 0 saturated carbocycles. The van der Waals surface area contributed by atoms with Gasteiger partial charge in [-0.3, -0.25) is 4.98 Å². The zero-order chi connectivity index (χ0) is 11.7. The van der Waals surface area contributed by atoms with Crippen molar-refractivity contribution in [2.45, 2.75) is 6.54 Å².